The second-order valence-corrected chi connectivity index (χ2v) is 8.36. The van der Waals surface area contributed by atoms with Gasteiger partial charge < -0.3 is 15.4 Å². The van der Waals surface area contributed by atoms with Gasteiger partial charge in [-0.2, -0.15) is 0 Å². The lowest BCUT2D eigenvalue weighted by molar-refractivity contribution is 0.310. The van der Waals surface area contributed by atoms with Crippen molar-refractivity contribution in [3.8, 4) is 5.75 Å². The Bertz CT molecular complexity index is 913. The van der Waals surface area contributed by atoms with Gasteiger partial charge in [-0.15, -0.1) is 0 Å². The molecule has 28 heavy (non-hydrogen) atoms. The summed E-state index contributed by atoms with van der Waals surface area (Å²) in [4.78, 5) is 4.51. The molecule has 0 atom stereocenters. The van der Waals surface area contributed by atoms with Crippen LogP contribution >= 0.6 is 0 Å². The third kappa shape index (κ3) is 6.84. The van der Waals surface area contributed by atoms with Crippen molar-refractivity contribution < 1.29 is 17.5 Å². The third-order valence-electron chi connectivity index (χ3n) is 4.02. The monoisotopic (exact) mass is 407 g/mol. The number of halogens is 1. The number of hydrogen-bond acceptors (Lipinski definition) is 4. The lowest BCUT2D eigenvalue weighted by Gasteiger charge is -2.13. The molecule has 2 N–H and O–H groups in total. The van der Waals surface area contributed by atoms with Gasteiger partial charge in [-0.3, -0.25) is 4.99 Å². The maximum atomic E-state index is 12.8. The van der Waals surface area contributed by atoms with Gasteiger partial charge in [0, 0.05) is 26.4 Å². The molecule has 0 saturated carbocycles. The summed E-state index contributed by atoms with van der Waals surface area (Å²) >= 11 is 0. The first-order valence-corrected chi connectivity index (χ1v) is 10.8. The van der Waals surface area contributed by atoms with E-state index < -0.39 is 9.84 Å². The lowest BCUT2D eigenvalue weighted by atomic mass is 10.1. The molecule has 0 heterocycles. The average Bonchev–Trinajstić information content (AvgIpc) is 2.64. The number of sulfone groups is 1. The zero-order valence-corrected chi connectivity index (χ0v) is 17.1. The SMILES string of the molecule is CN=C(NCCCOc1ccc(F)cc1)NCc1ccc(S(C)(=O)=O)c(C)c1. The summed E-state index contributed by atoms with van der Waals surface area (Å²) in [5, 5.41) is 6.38. The maximum Gasteiger partial charge on any atom is 0.191 e. The third-order valence-corrected chi connectivity index (χ3v) is 5.28. The molecule has 152 valence electrons. The molecule has 6 nitrogen and oxygen atoms in total. The molecule has 0 amide bonds. The van der Waals surface area contributed by atoms with Crippen molar-refractivity contribution in [1.82, 2.24) is 10.6 Å². The first-order valence-electron chi connectivity index (χ1n) is 8.92. The summed E-state index contributed by atoms with van der Waals surface area (Å²) in [7, 11) is -1.53. The molecule has 0 aliphatic carbocycles. The number of rotatable bonds is 8. The normalized spacial score (nSPS) is 11.9. The number of hydrogen-bond donors (Lipinski definition) is 2. The van der Waals surface area contributed by atoms with E-state index >= 15 is 0 Å². The minimum Gasteiger partial charge on any atom is -0.494 e. The Kier molecular flexibility index (Phi) is 7.80. The van der Waals surface area contributed by atoms with E-state index in [1.54, 1.807) is 38.2 Å². The Labute approximate surface area is 165 Å². The molecule has 2 aromatic carbocycles. The fraction of sp³-hybridized carbons (Fsp3) is 0.350. The number of aliphatic imine (C=N–C) groups is 1. The Balaban J connectivity index is 1.74. The first-order chi connectivity index (χ1) is 13.3. The number of ether oxygens (including phenoxy) is 1. The minimum atomic E-state index is -3.21. The van der Waals surface area contributed by atoms with Crippen LogP contribution in [0.3, 0.4) is 0 Å². The fourth-order valence-electron chi connectivity index (χ4n) is 2.64. The van der Waals surface area contributed by atoms with Crippen LogP contribution in [0.15, 0.2) is 52.4 Å². The zero-order chi connectivity index (χ0) is 20.6. The van der Waals surface area contributed by atoms with Crippen LogP contribution < -0.4 is 15.4 Å². The Morgan fingerprint density at radius 2 is 1.86 bits per heavy atom. The number of benzene rings is 2. The molecule has 0 radical (unpaired) electrons. The van der Waals surface area contributed by atoms with Gasteiger partial charge in [0.2, 0.25) is 0 Å². The summed E-state index contributed by atoms with van der Waals surface area (Å²) in [6, 6.07) is 11.2. The Morgan fingerprint density at radius 1 is 1.14 bits per heavy atom. The highest BCUT2D eigenvalue weighted by atomic mass is 32.2. The fourth-order valence-corrected chi connectivity index (χ4v) is 3.60. The second kappa shape index (κ2) is 10.1. The van der Waals surface area contributed by atoms with Crippen LogP contribution in [0.1, 0.15) is 17.5 Å². The van der Waals surface area contributed by atoms with Crippen LogP contribution in [0, 0.1) is 12.7 Å². The topological polar surface area (TPSA) is 79.8 Å². The van der Waals surface area contributed by atoms with Crippen LogP contribution in [-0.2, 0) is 16.4 Å². The van der Waals surface area contributed by atoms with Gasteiger partial charge in [0.25, 0.3) is 0 Å². The van der Waals surface area contributed by atoms with Gasteiger partial charge in [0.15, 0.2) is 15.8 Å². The van der Waals surface area contributed by atoms with E-state index in [-0.39, 0.29) is 5.82 Å². The van der Waals surface area contributed by atoms with E-state index in [9.17, 15) is 12.8 Å². The molecule has 2 rings (SSSR count). The zero-order valence-electron chi connectivity index (χ0n) is 16.3. The smallest absolute Gasteiger partial charge is 0.191 e. The molecule has 0 saturated heterocycles. The van der Waals surface area contributed by atoms with E-state index in [2.05, 4.69) is 15.6 Å². The number of nitrogens with zero attached hydrogens (tertiary/aromatic N) is 1. The predicted octanol–water partition coefficient (Wildman–Crippen LogP) is 2.67. The number of aryl methyl sites for hydroxylation is 1. The van der Waals surface area contributed by atoms with Crippen LogP contribution in [0.5, 0.6) is 5.75 Å². The molecule has 0 aromatic heterocycles. The molecule has 8 heteroatoms. The highest BCUT2D eigenvalue weighted by Crippen LogP contribution is 2.16. The maximum absolute atomic E-state index is 12.8. The van der Waals surface area contributed by atoms with E-state index in [4.69, 9.17) is 4.74 Å². The lowest BCUT2D eigenvalue weighted by Crippen LogP contribution is -2.37. The molecular formula is C20H26FN3O3S. The van der Waals surface area contributed by atoms with Crippen LogP contribution in [0.4, 0.5) is 4.39 Å². The van der Waals surface area contributed by atoms with Crippen molar-refractivity contribution in [1.29, 1.82) is 0 Å². The molecular weight excluding hydrogens is 381 g/mol. The summed E-state index contributed by atoms with van der Waals surface area (Å²) in [5.41, 5.74) is 1.69. The quantitative estimate of drug-likeness (QED) is 0.400. The van der Waals surface area contributed by atoms with Gasteiger partial charge >= 0.3 is 0 Å². The highest BCUT2D eigenvalue weighted by Gasteiger charge is 2.10. The predicted molar refractivity (Wildman–Crippen MR) is 109 cm³/mol. The number of nitrogens with one attached hydrogen (secondary N) is 2. The van der Waals surface area contributed by atoms with Crippen LogP contribution in [-0.4, -0.2) is 40.8 Å². The van der Waals surface area contributed by atoms with Gasteiger partial charge in [-0.05, 0) is 54.8 Å². The molecule has 2 aromatic rings. The van der Waals surface area contributed by atoms with Crippen molar-refractivity contribution >= 4 is 15.8 Å². The average molecular weight is 408 g/mol. The molecule has 0 fully saturated rings. The van der Waals surface area contributed by atoms with Crippen molar-refractivity contribution in [2.45, 2.75) is 24.8 Å². The van der Waals surface area contributed by atoms with E-state index in [1.165, 1.54) is 18.4 Å². The van der Waals surface area contributed by atoms with Crippen LogP contribution in [0.25, 0.3) is 0 Å². The molecule has 0 bridgehead atoms. The standard InChI is InChI=1S/C20H26FN3O3S/c1-15-13-16(5-10-19(15)28(3,25)26)14-24-20(22-2)23-11-4-12-27-18-8-6-17(21)7-9-18/h5-10,13H,4,11-12,14H2,1-3H3,(H2,22,23,24). The van der Waals surface area contributed by atoms with Crippen molar-refractivity contribution in [2.24, 2.45) is 4.99 Å². The Morgan fingerprint density at radius 3 is 2.46 bits per heavy atom. The van der Waals surface area contributed by atoms with E-state index in [0.29, 0.717) is 36.3 Å². The summed E-state index contributed by atoms with van der Waals surface area (Å²) in [5.74, 6) is 0.994. The van der Waals surface area contributed by atoms with Crippen molar-refractivity contribution in [3.05, 3.63) is 59.4 Å². The van der Waals surface area contributed by atoms with Crippen molar-refractivity contribution in [3.63, 3.8) is 0 Å². The molecule has 0 aliphatic rings. The van der Waals surface area contributed by atoms with Crippen molar-refractivity contribution in [2.75, 3.05) is 26.5 Å². The molecule has 0 spiro atoms. The second-order valence-electron chi connectivity index (χ2n) is 6.38. The first kappa shape index (κ1) is 21.7. The molecule has 0 aliphatic heterocycles. The van der Waals surface area contributed by atoms with Gasteiger partial charge in [0.05, 0.1) is 11.5 Å². The number of guanidine groups is 1. The van der Waals surface area contributed by atoms with Crippen LogP contribution in [0.2, 0.25) is 0 Å². The largest absolute Gasteiger partial charge is 0.494 e. The van der Waals surface area contributed by atoms with Gasteiger partial charge in [0.1, 0.15) is 11.6 Å². The van der Waals surface area contributed by atoms with E-state index in [0.717, 1.165) is 17.5 Å². The summed E-state index contributed by atoms with van der Waals surface area (Å²) in [6.07, 6.45) is 1.96. The van der Waals surface area contributed by atoms with Gasteiger partial charge in [-0.1, -0.05) is 12.1 Å². The Hall–Kier alpha value is -2.61. The van der Waals surface area contributed by atoms with Gasteiger partial charge in [-0.25, -0.2) is 12.8 Å². The highest BCUT2D eigenvalue weighted by molar-refractivity contribution is 7.90. The summed E-state index contributed by atoms with van der Waals surface area (Å²) < 4.78 is 41.7. The summed E-state index contributed by atoms with van der Waals surface area (Å²) in [6.45, 7) is 3.47. The molecule has 0 unspecified atom stereocenters. The minimum absolute atomic E-state index is 0.287. The van der Waals surface area contributed by atoms with E-state index in [1.807, 2.05) is 6.07 Å².